The predicted molar refractivity (Wildman–Crippen MR) is 77.5 cm³/mol. The molecule has 21 heavy (non-hydrogen) atoms. The van der Waals surface area contributed by atoms with Gasteiger partial charge in [-0.05, 0) is 18.1 Å². The Kier molecular flexibility index (Phi) is 3.50. The van der Waals surface area contributed by atoms with Gasteiger partial charge in [-0.2, -0.15) is 0 Å². The molecule has 0 aromatic heterocycles. The van der Waals surface area contributed by atoms with Crippen LogP contribution in [0, 0.1) is 10.1 Å². The van der Waals surface area contributed by atoms with Crippen LogP contribution in [0.2, 0.25) is 0 Å². The van der Waals surface area contributed by atoms with Gasteiger partial charge in [0.15, 0.2) is 0 Å². The quantitative estimate of drug-likeness (QED) is 0.509. The zero-order valence-electron chi connectivity index (χ0n) is 11.7. The van der Waals surface area contributed by atoms with Gasteiger partial charge in [0, 0.05) is 44.7 Å². The molecule has 0 bridgehead atoms. The molecule has 2 heterocycles. The van der Waals surface area contributed by atoms with Crippen LogP contribution in [0.3, 0.4) is 0 Å². The summed E-state index contributed by atoms with van der Waals surface area (Å²) in [6.45, 7) is 3.05. The van der Waals surface area contributed by atoms with Crippen molar-refractivity contribution < 1.29 is 9.72 Å². The first-order valence-corrected chi connectivity index (χ1v) is 7.09. The van der Waals surface area contributed by atoms with Crippen LogP contribution >= 0.6 is 0 Å². The second kappa shape index (κ2) is 5.33. The molecule has 2 fully saturated rings. The molecule has 1 atom stereocenters. The third-order valence-corrected chi connectivity index (χ3v) is 4.28. The molecule has 7 nitrogen and oxygen atoms in total. The van der Waals surface area contributed by atoms with Crippen molar-refractivity contribution in [2.75, 3.05) is 25.4 Å². The molecule has 2 aliphatic heterocycles. The minimum Gasteiger partial charge on any atom is -0.393 e. The number of nitrogens with zero attached hydrogens (tertiary/aromatic N) is 3. The smallest absolute Gasteiger partial charge is 0.292 e. The zero-order valence-corrected chi connectivity index (χ0v) is 11.7. The molecular formula is C14H18N4O3. The molecule has 2 aliphatic rings. The number of amides is 1. The van der Waals surface area contributed by atoms with Gasteiger partial charge >= 0.3 is 0 Å². The van der Waals surface area contributed by atoms with E-state index in [-0.39, 0.29) is 17.3 Å². The number of carbonyl (C=O) groups is 1. The highest BCUT2D eigenvalue weighted by molar-refractivity contribution is 5.78. The van der Waals surface area contributed by atoms with Crippen molar-refractivity contribution in [2.24, 2.45) is 0 Å². The molecule has 112 valence electrons. The summed E-state index contributed by atoms with van der Waals surface area (Å²) in [6.07, 6.45) is 1.56. The van der Waals surface area contributed by atoms with E-state index in [9.17, 15) is 14.9 Å². The van der Waals surface area contributed by atoms with Crippen molar-refractivity contribution in [1.82, 2.24) is 9.80 Å². The zero-order chi connectivity index (χ0) is 15.0. The fourth-order valence-electron chi connectivity index (χ4n) is 3.18. The molecule has 0 radical (unpaired) electrons. The van der Waals surface area contributed by atoms with E-state index in [0.717, 1.165) is 31.6 Å². The van der Waals surface area contributed by atoms with Gasteiger partial charge in [-0.3, -0.25) is 19.8 Å². The Hall–Kier alpha value is -2.15. The number of nitrogens with two attached hydrogens (primary N) is 1. The van der Waals surface area contributed by atoms with E-state index in [1.165, 1.54) is 0 Å². The molecule has 1 aromatic carbocycles. The Balaban J connectivity index is 1.69. The Bertz CT molecular complexity index is 590. The van der Waals surface area contributed by atoms with E-state index in [0.29, 0.717) is 19.0 Å². The highest BCUT2D eigenvalue weighted by Crippen LogP contribution is 2.26. The van der Waals surface area contributed by atoms with Crippen LogP contribution in [0.4, 0.5) is 11.4 Å². The number of hydrogen-bond donors (Lipinski definition) is 1. The summed E-state index contributed by atoms with van der Waals surface area (Å²) in [5.74, 6) is 0.253. The largest absolute Gasteiger partial charge is 0.393 e. The van der Waals surface area contributed by atoms with Crippen LogP contribution in [0.1, 0.15) is 18.4 Å². The van der Waals surface area contributed by atoms with Crippen molar-refractivity contribution in [3.05, 3.63) is 33.9 Å². The van der Waals surface area contributed by atoms with Crippen LogP contribution in [0.25, 0.3) is 0 Å². The maximum absolute atomic E-state index is 11.6. The SMILES string of the molecule is Nc1ccc(CN2CCN3C(=O)CCC3C2)cc1[N+](=O)[O-]. The van der Waals surface area contributed by atoms with Crippen LogP contribution < -0.4 is 5.73 Å². The van der Waals surface area contributed by atoms with Crippen LogP contribution in [0.5, 0.6) is 0 Å². The van der Waals surface area contributed by atoms with E-state index in [1.807, 2.05) is 11.0 Å². The molecule has 0 aliphatic carbocycles. The lowest BCUT2D eigenvalue weighted by atomic mass is 10.1. The van der Waals surface area contributed by atoms with Crippen molar-refractivity contribution in [1.29, 1.82) is 0 Å². The van der Waals surface area contributed by atoms with Gasteiger partial charge in [-0.15, -0.1) is 0 Å². The van der Waals surface area contributed by atoms with Crippen LogP contribution in [-0.2, 0) is 11.3 Å². The molecule has 1 amide bonds. The summed E-state index contributed by atoms with van der Waals surface area (Å²) in [5.41, 5.74) is 6.64. The molecule has 1 aromatic rings. The Morgan fingerprint density at radius 3 is 2.95 bits per heavy atom. The van der Waals surface area contributed by atoms with Crippen molar-refractivity contribution in [3.8, 4) is 0 Å². The number of nitrogen functional groups attached to an aromatic ring is 1. The first-order chi connectivity index (χ1) is 10.0. The highest BCUT2D eigenvalue weighted by atomic mass is 16.6. The summed E-state index contributed by atoms with van der Waals surface area (Å²) >= 11 is 0. The first-order valence-electron chi connectivity index (χ1n) is 7.09. The second-order valence-corrected chi connectivity index (χ2v) is 5.67. The summed E-state index contributed by atoms with van der Waals surface area (Å²) in [4.78, 5) is 26.3. The number of piperazine rings is 1. The molecule has 2 N–H and O–H groups in total. The normalized spacial score (nSPS) is 22.4. The van der Waals surface area contributed by atoms with Crippen molar-refractivity contribution >= 4 is 17.3 Å². The van der Waals surface area contributed by atoms with Gasteiger partial charge in [0.1, 0.15) is 5.69 Å². The number of hydrogen-bond acceptors (Lipinski definition) is 5. The number of benzene rings is 1. The predicted octanol–water partition coefficient (Wildman–Crippen LogP) is 0.984. The highest BCUT2D eigenvalue weighted by Gasteiger charge is 2.35. The van der Waals surface area contributed by atoms with E-state index in [4.69, 9.17) is 5.73 Å². The third-order valence-electron chi connectivity index (χ3n) is 4.28. The standard InChI is InChI=1S/C14H18N4O3/c15-12-3-1-10(7-13(12)18(20)21)8-16-5-6-17-11(9-16)2-4-14(17)19/h1,3,7,11H,2,4-6,8-9,15H2. The van der Waals surface area contributed by atoms with Crippen molar-refractivity contribution in [2.45, 2.75) is 25.4 Å². The molecule has 7 heteroatoms. The number of nitro benzene ring substituents is 1. The average molecular weight is 290 g/mol. The van der Waals surface area contributed by atoms with E-state index < -0.39 is 4.92 Å². The maximum Gasteiger partial charge on any atom is 0.292 e. The monoisotopic (exact) mass is 290 g/mol. The lowest BCUT2D eigenvalue weighted by Crippen LogP contribution is -2.50. The summed E-state index contributed by atoms with van der Waals surface area (Å²) < 4.78 is 0. The minimum absolute atomic E-state index is 0.0396. The molecular weight excluding hydrogens is 272 g/mol. The van der Waals surface area contributed by atoms with Gasteiger partial charge in [0.05, 0.1) is 4.92 Å². The summed E-state index contributed by atoms with van der Waals surface area (Å²) in [5, 5.41) is 10.9. The summed E-state index contributed by atoms with van der Waals surface area (Å²) in [6, 6.07) is 5.26. The number of carbonyl (C=O) groups excluding carboxylic acids is 1. The van der Waals surface area contributed by atoms with Gasteiger partial charge in [-0.1, -0.05) is 6.07 Å². The molecule has 0 saturated carbocycles. The van der Waals surface area contributed by atoms with Gasteiger partial charge in [0.25, 0.3) is 5.69 Å². The van der Waals surface area contributed by atoms with E-state index >= 15 is 0 Å². The Labute approximate surface area is 122 Å². The number of anilines is 1. The Morgan fingerprint density at radius 1 is 1.38 bits per heavy atom. The third kappa shape index (κ3) is 2.69. The fraction of sp³-hybridized carbons (Fsp3) is 0.500. The minimum atomic E-state index is -0.452. The number of fused-ring (bicyclic) bond motifs is 1. The van der Waals surface area contributed by atoms with Gasteiger partial charge < -0.3 is 10.6 Å². The van der Waals surface area contributed by atoms with Crippen LogP contribution in [0.15, 0.2) is 18.2 Å². The lowest BCUT2D eigenvalue weighted by Gasteiger charge is -2.37. The van der Waals surface area contributed by atoms with Crippen LogP contribution in [-0.4, -0.2) is 46.3 Å². The average Bonchev–Trinajstić information content (AvgIpc) is 2.82. The number of nitro groups is 1. The molecule has 1 unspecified atom stereocenters. The Morgan fingerprint density at radius 2 is 2.19 bits per heavy atom. The van der Waals surface area contributed by atoms with Gasteiger partial charge in [-0.25, -0.2) is 0 Å². The van der Waals surface area contributed by atoms with Gasteiger partial charge in [0.2, 0.25) is 5.91 Å². The fourth-order valence-corrected chi connectivity index (χ4v) is 3.18. The topological polar surface area (TPSA) is 92.7 Å². The maximum atomic E-state index is 11.6. The molecule has 3 rings (SSSR count). The summed E-state index contributed by atoms with van der Waals surface area (Å²) in [7, 11) is 0. The number of rotatable bonds is 3. The van der Waals surface area contributed by atoms with E-state index in [2.05, 4.69) is 4.90 Å². The molecule has 2 saturated heterocycles. The second-order valence-electron chi connectivity index (χ2n) is 5.67. The molecule has 0 spiro atoms. The van der Waals surface area contributed by atoms with E-state index in [1.54, 1.807) is 12.1 Å². The lowest BCUT2D eigenvalue weighted by molar-refractivity contribution is -0.384. The van der Waals surface area contributed by atoms with Crippen molar-refractivity contribution in [3.63, 3.8) is 0 Å². The first kappa shape index (κ1) is 13.8.